The number of nitrogens with zero attached hydrogens (tertiary/aromatic N) is 1. The Bertz CT molecular complexity index is 1220. The fraction of sp³-hybridized carbons (Fsp3) is 0.120. The SMILES string of the molecule is Cc1cccc(NC2=C(c3ccccc3)C(=O)N(Cc3cccc(C(F)(F)F)c3)C2=O)c1. The Balaban J connectivity index is 1.71. The quantitative estimate of drug-likeness (QED) is 0.545. The van der Waals surface area contributed by atoms with E-state index < -0.39 is 23.6 Å². The maximum absolute atomic E-state index is 13.3. The molecule has 1 heterocycles. The van der Waals surface area contributed by atoms with Gasteiger partial charge in [0, 0.05) is 5.69 Å². The molecule has 3 aromatic rings. The number of nitrogens with one attached hydrogen (secondary N) is 1. The van der Waals surface area contributed by atoms with E-state index in [2.05, 4.69) is 5.32 Å². The van der Waals surface area contributed by atoms with Gasteiger partial charge in [0.2, 0.25) is 0 Å². The molecule has 1 N–H and O–H groups in total. The van der Waals surface area contributed by atoms with Crippen LogP contribution in [0.2, 0.25) is 0 Å². The zero-order valence-corrected chi connectivity index (χ0v) is 17.1. The predicted molar refractivity (Wildman–Crippen MR) is 115 cm³/mol. The molecule has 162 valence electrons. The molecule has 0 spiro atoms. The number of hydrogen-bond donors (Lipinski definition) is 1. The first-order valence-electron chi connectivity index (χ1n) is 9.90. The van der Waals surface area contributed by atoms with E-state index in [0.29, 0.717) is 11.3 Å². The fourth-order valence-electron chi connectivity index (χ4n) is 3.60. The molecule has 0 aromatic heterocycles. The molecule has 32 heavy (non-hydrogen) atoms. The summed E-state index contributed by atoms with van der Waals surface area (Å²) in [6, 6.07) is 20.7. The number of carbonyl (C=O) groups is 2. The molecule has 0 radical (unpaired) electrons. The number of alkyl halides is 3. The summed E-state index contributed by atoms with van der Waals surface area (Å²) in [5.74, 6) is -1.15. The summed E-state index contributed by atoms with van der Waals surface area (Å²) in [7, 11) is 0. The second-order valence-corrected chi connectivity index (χ2v) is 7.51. The molecule has 0 saturated heterocycles. The van der Waals surface area contributed by atoms with Gasteiger partial charge in [-0.05, 0) is 47.9 Å². The average Bonchev–Trinajstić information content (AvgIpc) is 2.98. The lowest BCUT2D eigenvalue weighted by Crippen LogP contribution is -2.32. The highest BCUT2D eigenvalue weighted by molar-refractivity contribution is 6.36. The van der Waals surface area contributed by atoms with Crippen molar-refractivity contribution in [2.24, 2.45) is 0 Å². The van der Waals surface area contributed by atoms with Gasteiger partial charge < -0.3 is 5.32 Å². The second-order valence-electron chi connectivity index (χ2n) is 7.51. The summed E-state index contributed by atoms with van der Waals surface area (Å²) >= 11 is 0. The van der Waals surface area contributed by atoms with Gasteiger partial charge >= 0.3 is 6.18 Å². The lowest BCUT2D eigenvalue weighted by atomic mass is 10.0. The largest absolute Gasteiger partial charge is 0.416 e. The molecule has 0 atom stereocenters. The van der Waals surface area contributed by atoms with Gasteiger partial charge in [0.25, 0.3) is 11.8 Å². The van der Waals surface area contributed by atoms with Crippen molar-refractivity contribution in [3.05, 3.63) is 107 Å². The van der Waals surface area contributed by atoms with Crippen molar-refractivity contribution >= 4 is 23.1 Å². The third-order valence-electron chi connectivity index (χ3n) is 5.11. The molecule has 0 bridgehead atoms. The third-order valence-corrected chi connectivity index (χ3v) is 5.11. The number of carbonyl (C=O) groups excluding carboxylic acids is 2. The van der Waals surface area contributed by atoms with Crippen molar-refractivity contribution in [3.63, 3.8) is 0 Å². The lowest BCUT2D eigenvalue weighted by molar-refractivity contribution is -0.137. The molecule has 1 aliphatic heterocycles. The van der Waals surface area contributed by atoms with E-state index in [1.165, 1.54) is 12.1 Å². The van der Waals surface area contributed by atoms with Crippen molar-refractivity contribution in [2.75, 3.05) is 5.32 Å². The van der Waals surface area contributed by atoms with Crippen LogP contribution >= 0.6 is 0 Å². The van der Waals surface area contributed by atoms with E-state index in [1.54, 1.807) is 36.4 Å². The standard InChI is InChI=1S/C25H19F3N2O2/c1-16-7-5-12-20(13-16)29-22-21(18-9-3-2-4-10-18)23(31)30(24(22)32)15-17-8-6-11-19(14-17)25(26,27)28/h2-14,29H,15H2,1H3. The number of aryl methyl sites for hydroxylation is 1. The number of halogens is 3. The van der Waals surface area contributed by atoms with Crippen LogP contribution in [-0.4, -0.2) is 16.7 Å². The van der Waals surface area contributed by atoms with Crippen molar-refractivity contribution in [2.45, 2.75) is 19.6 Å². The Hall–Kier alpha value is -3.87. The minimum absolute atomic E-state index is 0.0961. The molecule has 7 heteroatoms. The van der Waals surface area contributed by atoms with Crippen molar-refractivity contribution < 1.29 is 22.8 Å². The number of benzene rings is 3. The van der Waals surface area contributed by atoms with E-state index in [1.807, 2.05) is 25.1 Å². The Morgan fingerprint density at radius 2 is 1.56 bits per heavy atom. The minimum atomic E-state index is -4.51. The Labute approximate surface area is 183 Å². The van der Waals surface area contributed by atoms with E-state index in [0.717, 1.165) is 22.6 Å². The van der Waals surface area contributed by atoms with Crippen LogP contribution in [0, 0.1) is 6.92 Å². The number of imide groups is 1. The zero-order valence-electron chi connectivity index (χ0n) is 17.1. The monoisotopic (exact) mass is 436 g/mol. The summed E-state index contributed by atoms with van der Waals surface area (Å²) in [5.41, 5.74) is 1.81. The van der Waals surface area contributed by atoms with Gasteiger partial charge in [-0.25, -0.2) is 0 Å². The van der Waals surface area contributed by atoms with E-state index >= 15 is 0 Å². The molecule has 2 amide bonds. The van der Waals surface area contributed by atoms with E-state index in [-0.39, 0.29) is 23.4 Å². The van der Waals surface area contributed by atoms with Gasteiger partial charge in [0.15, 0.2) is 0 Å². The first-order chi connectivity index (χ1) is 15.2. The average molecular weight is 436 g/mol. The molecular weight excluding hydrogens is 417 g/mol. The Kier molecular flexibility index (Phi) is 5.57. The Morgan fingerprint density at radius 3 is 2.25 bits per heavy atom. The van der Waals surface area contributed by atoms with Crippen molar-refractivity contribution in [1.82, 2.24) is 4.90 Å². The topological polar surface area (TPSA) is 49.4 Å². The van der Waals surface area contributed by atoms with Gasteiger partial charge in [0.05, 0.1) is 17.7 Å². The molecule has 0 unspecified atom stereocenters. The van der Waals surface area contributed by atoms with Crippen LogP contribution in [0.4, 0.5) is 18.9 Å². The summed E-state index contributed by atoms with van der Waals surface area (Å²) in [5, 5.41) is 3.05. The van der Waals surface area contributed by atoms with Gasteiger partial charge in [-0.2, -0.15) is 13.2 Å². The van der Waals surface area contributed by atoms with E-state index in [9.17, 15) is 22.8 Å². The summed E-state index contributed by atoms with van der Waals surface area (Å²) < 4.78 is 39.3. The second kappa shape index (κ2) is 8.34. The summed E-state index contributed by atoms with van der Waals surface area (Å²) in [6.45, 7) is 1.64. The number of hydrogen-bond acceptors (Lipinski definition) is 3. The molecule has 0 saturated carbocycles. The zero-order chi connectivity index (χ0) is 22.9. The smallest absolute Gasteiger partial charge is 0.350 e. The molecule has 4 nitrogen and oxygen atoms in total. The molecule has 0 aliphatic carbocycles. The van der Waals surface area contributed by atoms with Gasteiger partial charge in [-0.3, -0.25) is 14.5 Å². The number of amides is 2. The molecular formula is C25H19F3N2O2. The fourth-order valence-corrected chi connectivity index (χ4v) is 3.60. The van der Waals surface area contributed by atoms with Gasteiger partial charge in [0.1, 0.15) is 5.70 Å². The number of anilines is 1. The highest BCUT2D eigenvalue weighted by atomic mass is 19.4. The van der Waals surface area contributed by atoms with Crippen LogP contribution in [0.1, 0.15) is 22.3 Å². The first kappa shape index (κ1) is 21.4. The summed E-state index contributed by atoms with van der Waals surface area (Å²) in [4.78, 5) is 27.5. The van der Waals surface area contributed by atoms with Crippen molar-refractivity contribution in [3.8, 4) is 0 Å². The van der Waals surface area contributed by atoms with Crippen LogP contribution in [0.15, 0.2) is 84.6 Å². The van der Waals surface area contributed by atoms with Crippen LogP contribution in [0.3, 0.4) is 0 Å². The number of rotatable bonds is 5. The van der Waals surface area contributed by atoms with Crippen LogP contribution in [0.25, 0.3) is 5.57 Å². The van der Waals surface area contributed by atoms with Crippen LogP contribution < -0.4 is 5.32 Å². The summed E-state index contributed by atoms with van der Waals surface area (Å²) in [6.07, 6.45) is -4.51. The maximum atomic E-state index is 13.3. The normalized spacial score (nSPS) is 14.3. The van der Waals surface area contributed by atoms with Gasteiger partial charge in [-0.15, -0.1) is 0 Å². The molecule has 1 aliphatic rings. The lowest BCUT2D eigenvalue weighted by Gasteiger charge is -2.16. The maximum Gasteiger partial charge on any atom is 0.416 e. The van der Waals surface area contributed by atoms with Crippen molar-refractivity contribution in [1.29, 1.82) is 0 Å². The molecule has 0 fully saturated rings. The molecule has 4 rings (SSSR count). The van der Waals surface area contributed by atoms with Crippen LogP contribution in [0.5, 0.6) is 0 Å². The molecule has 3 aromatic carbocycles. The van der Waals surface area contributed by atoms with Crippen LogP contribution in [-0.2, 0) is 22.3 Å². The highest BCUT2D eigenvalue weighted by Crippen LogP contribution is 2.33. The van der Waals surface area contributed by atoms with E-state index in [4.69, 9.17) is 0 Å². The highest BCUT2D eigenvalue weighted by Gasteiger charge is 2.39. The third kappa shape index (κ3) is 4.27. The minimum Gasteiger partial charge on any atom is -0.350 e. The van der Waals surface area contributed by atoms with Gasteiger partial charge in [-0.1, -0.05) is 54.6 Å². The Morgan fingerprint density at radius 1 is 0.844 bits per heavy atom. The predicted octanol–water partition coefficient (Wildman–Crippen LogP) is 5.41. The first-order valence-corrected chi connectivity index (χ1v) is 9.90.